The molecule has 1 atom stereocenters. The zero-order valence-electron chi connectivity index (χ0n) is 8.79. The van der Waals surface area contributed by atoms with Gasteiger partial charge in [-0.3, -0.25) is 4.79 Å². The smallest absolute Gasteiger partial charge is 0.232 e. The van der Waals surface area contributed by atoms with Gasteiger partial charge in [-0.2, -0.15) is 0 Å². The summed E-state index contributed by atoms with van der Waals surface area (Å²) in [5.74, 6) is 0.109. The summed E-state index contributed by atoms with van der Waals surface area (Å²) >= 11 is 0. The van der Waals surface area contributed by atoms with Gasteiger partial charge in [-0.1, -0.05) is 39.0 Å². The van der Waals surface area contributed by atoms with Crippen molar-refractivity contribution in [1.82, 2.24) is 0 Å². The van der Waals surface area contributed by atoms with E-state index >= 15 is 0 Å². The average Bonchev–Trinajstić information content (AvgIpc) is 2.38. The van der Waals surface area contributed by atoms with E-state index in [2.05, 4.69) is 26.1 Å². The Balaban J connectivity index is 2.50. The van der Waals surface area contributed by atoms with Crippen molar-refractivity contribution in [3.05, 3.63) is 29.8 Å². The molecule has 1 aromatic rings. The molecule has 1 aromatic carbocycles. The van der Waals surface area contributed by atoms with Crippen molar-refractivity contribution >= 4 is 11.6 Å². The minimum Gasteiger partial charge on any atom is -0.325 e. The van der Waals surface area contributed by atoms with Crippen LogP contribution in [0.2, 0.25) is 0 Å². The van der Waals surface area contributed by atoms with E-state index in [1.807, 2.05) is 24.3 Å². The Morgan fingerprint density at radius 1 is 1.21 bits per heavy atom. The van der Waals surface area contributed by atoms with Crippen LogP contribution in [0.15, 0.2) is 24.3 Å². The first-order chi connectivity index (χ1) is 6.50. The van der Waals surface area contributed by atoms with Crippen LogP contribution in [0.4, 0.5) is 5.69 Å². The van der Waals surface area contributed by atoms with Gasteiger partial charge in [0, 0.05) is 5.69 Å². The standard InChI is InChI=1S/C12H15NO/c1-12(2,3)10-8-6-4-5-7-9(8)13-11(10)14/h4-7,10H,1-3H3,(H,13,14)/t10-/m1/s1. The van der Waals surface area contributed by atoms with Gasteiger partial charge in [0.2, 0.25) is 5.91 Å². The maximum atomic E-state index is 11.8. The fourth-order valence-electron chi connectivity index (χ4n) is 2.07. The van der Waals surface area contributed by atoms with E-state index < -0.39 is 0 Å². The molecular formula is C12H15NO. The molecule has 0 radical (unpaired) electrons. The normalized spacial score (nSPS) is 20.5. The first kappa shape index (κ1) is 9.25. The molecule has 2 nitrogen and oxygen atoms in total. The topological polar surface area (TPSA) is 29.1 Å². The molecule has 1 aliphatic rings. The second kappa shape index (κ2) is 2.84. The highest BCUT2D eigenvalue weighted by atomic mass is 16.2. The van der Waals surface area contributed by atoms with Crippen molar-refractivity contribution in [2.24, 2.45) is 5.41 Å². The summed E-state index contributed by atoms with van der Waals surface area (Å²) in [7, 11) is 0. The SMILES string of the molecule is CC(C)(C)[C@H]1C(=O)Nc2ccccc21. The predicted octanol–water partition coefficient (Wildman–Crippen LogP) is 2.77. The number of rotatable bonds is 0. The molecular weight excluding hydrogens is 174 g/mol. The van der Waals surface area contributed by atoms with Crippen LogP contribution in [-0.4, -0.2) is 5.91 Å². The minimum atomic E-state index is -0.0172. The highest BCUT2D eigenvalue weighted by Crippen LogP contribution is 2.43. The van der Waals surface area contributed by atoms with Gasteiger partial charge in [-0.25, -0.2) is 0 Å². The zero-order chi connectivity index (χ0) is 10.3. The van der Waals surface area contributed by atoms with Crippen molar-refractivity contribution in [2.45, 2.75) is 26.7 Å². The number of hydrogen-bond donors (Lipinski definition) is 1. The first-order valence-electron chi connectivity index (χ1n) is 4.90. The Bertz CT molecular complexity index is 376. The molecule has 0 saturated carbocycles. The summed E-state index contributed by atoms with van der Waals surface area (Å²) in [5, 5.41) is 2.92. The monoisotopic (exact) mass is 189 g/mol. The van der Waals surface area contributed by atoms with Crippen LogP contribution in [0.3, 0.4) is 0 Å². The molecule has 1 aliphatic heterocycles. The third-order valence-electron chi connectivity index (χ3n) is 2.66. The lowest BCUT2D eigenvalue weighted by Gasteiger charge is -2.25. The summed E-state index contributed by atoms with van der Waals surface area (Å²) in [6, 6.07) is 7.92. The number of carbonyl (C=O) groups is 1. The van der Waals surface area contributed by atoms with Gasteiger partial charge in [0.15, 0.2) is 0 Å². The van der Waals surface area contributed by atoms with Crippen LogP contribution in [0, 0.1) is 5.41 Å². The molecule has 14 heavy (non-hydrogen) atoms. The van der Waals surface area contributed by atoms with E-state index in [9.17, 15) is 4.79 Å². The third-order valence-corrected chi connectivity index (χ3v) is 2.66. The third kappa shape index (κ3) is 1.31. The lowest BCUT2D eigenvalue weighted by atomic mass is 9.77. The molecule has 0 aliphatic carbocycles. The number of amides is 1. The van der Waals surface area contributed by atoms with E-state index in [-0.39, 0.29) is 17.2 Å². The molecule has 1 heterocycles. The summed E-state index contributed by atoms with van der Waals surface area (Å²) in [6.07, 6.45) is 0. The summed E-state index contributed by atoms with van der Waals surface area (Å²) < 4.78 is 0. The fraction of sp³-hybridized carbons (Fsp3) is 0.417. The maximum Gasteiger partial charge on any atom is 0.232 e. The van der Waals surface area contributed by atoms with E-state index in [1.165, 1.54) is 0 Å². The zero-order valence-corrected chi connectivity index (χ0v) is 8.79. The Morgan fingerprint density at radius 3 is 2.50 bits per heavy atom. The summed E-state index contributed by atoms with van der Waals surface area (Å²) in [6.45, 7) is 6.29. The van der Waals surface area contributed by atoms with Crippen molar-refractivity contribution in [1.29, 1.82) is 0 Å². The quantitative estimate of drug-likeness (QED) is 0.668. The van der Waals surface area contributed by atoms with Crippen molar-refractivity contribution in [3.8, 4) is 0 Å². The average molecular weight is 189 g/mol. The number of carbonyl (C=O) groups excluding carboxylic acids is 1. The van der Waals surface area contributed by atoms with Crippen LogP contribution in [0.1, 0.15) is 32.3 Å². The van der Waals surface area contributed by atoms with Crippen LogP contribution in [0.25, 0.3) is 0 Å². The molecule has 1 amide bonds. The maximum absolute atomic E-state index is 11.8. The van der Waals surface area contributed by atoms with Gasteiger partial charge in [0.25, 0.3) is 0 Å². The van der Waals surface area contributed by atoms with Crippen molar-refractivity contribution in [2.75, 3.05) is 5.32 Å². The van der Waals surface area contributed by atoms with Crippen LogP contribution in [-0.2, 0) is 4.79 Å². The second-order valence-corrected chi connectivity index (χ2v) is 4.88. The molecule has 0 unspecified atom stereocenters. The van der Waals surface area contributed by atoms with Gasteiger partial charge in [0.1, 0.15) is 0 Å². The van der Waals surface area contributed by atoms with Crippen LogP contribution < -0.4 is 5.32 Å². The highest BCUT2D eigenvalue weighted by molar-refractivity contribution is 6.03. The van der Waals surface area contributed by atoms with Crippen LogP contribution >= 0.6 is 0 Å². The molecule has 0 saturated heterocycles. The van der Waals surface area contributed by atoms with Gasteiger partial charge in [-0.15, -0.1) is 0 Å². The molecule has 0 fully saturated rings. The molecule has 0 spiro atoms. The molecule has 0 bridgehead atoms. The minimum absolute atomic E-state index is 0.0151. The second-order valence-electron chi connectivity index (χ2n) is 4.88. The van der Waals surface area contributed by atoms with Crippen molar-refractivity contribution < 1.29 is 4.79 Å². The number of anilines is 1. The highest BCUT2D eigenvalue weighted by Gasteiger charge is 2.38. The van der Waals surface area contributed by atoms with Gasteiger partial charge in [0.05, 0.1) is 5.92 Å². The molecule has 0 aromatic heterocycles. The number of fused-ring (bicyclic) bond motifs is 1. The number of hydrogen-bond acceptors (Lipinski definition) is 1. The Kier molecular flexibility index (Phi) is 1.88. The lowest BCUT2D eigenvalue weighted by Crippen LogP contribution is -2.25. The number of nitrogens with one attached hydrogen (secondary N) is 1. The predicted molar refractivity (Wildman–Crippen MR) is 57.3 cm³/mol. The van der Waals surface area contributed by atoms with Gasteiger partial charge in [-0.05, 0) is 17.0 Å². The first-order valence-corrected chi connectivity index (χ1v) is 4.90. The molecule has 1 N–H and O–H groups in total. The Labute approximate surface area is 84.3 Å². The van der Waals surface area contributed by atoms with Gasteiger partial charge >= 0.3 is 0 Å². The lowest BCUT2D eigenvalue weighted by molar-refractivity contribution is -0.119. The molecule has 74 valence electrons. The summed E-state index contributed by atoms with van der Waals surface area (Å²) in [4.78, 5) is 11.8. The van der Waals surface area contributed by atoms with E-state index in [0.29, 0.717) is 0 Å². The van der Waals surface area contributed by atoms with E-state index in [1.54, 1.807) is 0 Å². The fourth-order valence-corrected chi connectivity index (χ4v) is 2.07. The molecule has 2 heteroatoms. The van der Waals surface area contributed by atoms with Crippen molar-refractivity contribution in [3.63, 3.8) is 0 Å². The molecule has 2 rings (SSSR count). The largest absolute Gasteiger partial charge is 0.325 e. The Hall–Kier alpha value is -1.31. The Morgan fingerprint density at radius 2 is 1.86 bits per heavy atom. The summed E-state index contributed by atoms with van der Waals surface area (Å²) in [5.41, 5.74) is 2.08. The van der Waals surface area contributed by atoms with E-state index in [0.717, 1.165) is 11.3 Å². The van der Waals surface area contributed by atoms with Gasteiger partial charge < -0.3 is 5.32 Å². The van der Waals surface area contributed by atoms with E-state index in [4.69, 9.17) is 0 Å². The number of benzene rings is 1. The van der Waals surface area contributed by atoms with Crippen LogP contribution in [0.5, 0.6) is 0 Å². The number of para-hydroxylation sites is 1.